The van der Waals surface area contributed by atoms with Crippen molar-refractivity contribution in [1.29, 1.82) is 5.26 Å². The molecule has 3 heterocycles. The van der Waals surface area contributed by atoms with Gasteiger partial charge in [0.15, 0.2) is 27.8 Å². The normalized spacial score (nSPS) is 15.1. The molecule has 0 fully saturated rings. The van der Waals surface area contributed by atoms with Crippen LogP contribution in [0, 0.1) is 11.3 Å². The van der Waals surface area contributed by atoms with Gasteiger partial charge in [-0.1, -0.05) is 55.0 Å². The number of thiazole rings is 1. The van der Waals surface area contributed by atoms with Gasteiger partial charge in [-0.15, -0.1) is 0 Å². The van der Waals surface area contributed by atoms with Gasteiger partial charge in [-0.25, -0.2) is 9.79 Å². The number of rotatable bonds is 11. The zero-order chi connectivity index (χ0) is 32.9. The number of fused-ring (bicyclic) bond motifs is 2. The van der Waals surface area contributed by atoms with Crippen molar-refractivity contribution >= 4 is 23.4 Å². The fraction of sp³-hybridized carbons (Fsp3) is 0.278. The quantitative estimate of drug-likeness (QED) is 0.204. The second-order valence-corrected chi connectivity index (χ2v) is 11.7. The Morgan fingerprint density at radius 1 is 1.04 bits per heavy atom. The molecule has 6 rings (SSSR count). The number of nitriles is 1. The summed E-state index contributed by atoms with van der Waals surface area (Å²) in [5.41, 5.74) is 3.37. The van der Waals surface area contributed by atoms with E-state index in [1.54, 1.807) is 41.8 Å². The number of ether oxygens (including phenoxy) is 5. The standard InChI is InChI=1S/C36H33N3O7S/c1-4-9-26-32(35(41)43-6-3)33(23-13-15-28-30(18-23)46-21-45-28)39-34(40)31(47-36(39)38-26)17-22-12-14-27(29(16-22)42-5-2)44-20-25-11-8-7-10-24(25)19-37/h7-8,10-18,33H,4-6,9,20-21H2,1-3H3/b31-17+/t33-/m1/s1. The Morgan fingerprint density at radius 2 is 1.87 bits per heavy atom. The van der Waals surface area contributed by atoms with E-state index in [0.29, 0.717) is 67.8 Å². The van der Waals surface area contributed by atoms with Crippen molar-refractivity contribution in [2.45, 2.75) is 46.3 Å². The number of nitrogens with zero attached hydrogens (tertiary/aromatic N) is 3. The summed E-state index contributed by atoms with van der Waals surface area (Å²) in [7, 11) is 0. The Morgan fingerprint density at radius 3 is 2.66 bits per heavy atom. The summed E-state index contributed by atoms with van der Waals surface area (Å²) in [6.45, 7) is 6.54. The Balaban J connectivity index is 1.43. The molecule has 0 unspecified atom stereocenters. The van der Waals surface area contributed by atoms with E-state index in [4.69, 9.17) is 28.7 Å². The molecule has 10 nitrogen and oxygen atoms in total. The molecule has 0 spiro atoms. The maximum absolute atomic E-state index is 14.2. The van der Waals surface area contributed by atoms with Crippen molar-refractivity contribution in [2.75, 3.05) is 20.0 Å². The van der Waals surface area contributed by atoms with E-state index >= 15 is 0 Å². The number of benzene rings is 3. The molecule has 47 heavy (non-hydrogen) atoms. The first-order chi connectivity index (χ1) is 22.9. The van der Waals surface area contributed by atoms with Crippen LogP contribution in [0.25, 0.3) is 6.08 Å². The number of carbonyl (C=O) groups is 1. The highest BCUT2D eigenvalue weighted by molar-refractivity contribution is 7.07. The molecule has 0 saturated heterocycles. The van der Waals surface area contributed by atoms with Crippen LogP contribution in [0.2, 0.25) is 0 Å². The third kappa shape index (κ3) is 6.37. The zero-order valence-electron chi connectivity index (χ0n) is 26.3. The van der Waals surface area contributed by atoms with Gasteiger partial charge in [0, 0.05) is 5.56 Å². The predicted molar refractivity (Wildman–Crippen MR) is 175 cm³/mol. The van der Waals surface area contributed by atoms with E-state index in [9.17, 15) is 14.9 Å². The molecule has 0 amide bonds. The number of aromatic nitrogens is 1. The number of carbonyl (C=O) groups excluding carboxylic acids is 1. The van der Waals surface area contributed by atoms with Crippen LogP contribution in [-0.4, -0.2) is 30.5 Å². The summed E-state index contributed by atoms with van der Waals surface area (Å²) < 4.78 is 30.6. The van der Waals surface area contributed by atoms with Crippen LogP contribution in [-0.2, 0) is 16.1 Å². The van der Waals surface area contributed by atoms with Gasteiger partial charge >= 0.3 is 5.97 Å². The van der Waals surface area contributed by atoms with Crippen LogP contribution in [0.4, 0.5) is 0 Å². The Kier molecular flexibility index (Phi) is 9.40. The summed E-state index contributed by atoms with van der Waals surface area (Å²) in [6, 6.07) is 19.6. The molecule has 2 aliphatic heterocycles. The minimum Gasteiger partial charge on any atom is -0.490 e. The summed E-state index contributed by atoms with van der Waals surface area (Å²) in [4.78, 5) is 33.0. The fourth-order valence-corrected chi connectivity index (χ4v) is 6.60. The second kappa shape index (κ2) is 14.0. The largest absolute Gasteiger partial charge is 0.490 e. The van der Waals surface area contributed by atoms with E-state index < -0.39 is 12.0 Å². The van der Waals surface area contributed by atoms with E-state index in [1.807, 2.05) is 50.2 Å². The molecular formula is C36H33N3O7S. The molecule has 0 bridgehead atoms. The van der Waals surface area contributed by atoms with Crippen LogP contribution >= 0.6 is 11.3 Å². The first kappa shape index (κ1) is 31.6. The predicted octanol–water partition coefficient (Wildman–Crippen LogP) is 5.16. The molecule has 0 radical (unpaired) electrons. The molecule has 0 aliphatic carbocycles. The van der Waals surface area contributed by atoms with Crippen LogP contribution in [0.1, 0.15) is 61.9 Å². The van der Waals surface area contributed by atoms with Crippen molar-refractivity contribution in [3.05, 3.63) is 114 Å². The monoisotopic (exact) mass is 651 g/mol. The smallest absolute Gasteiger partial charge is 0.338 e. The van der Waals surface area contributed by atoms with Gasteiger partial charge in [-0.3, -0.25) is 9.36 Å². The molecule has 1 atom stereocenters. The van der Waals surface area contributed by atoms with Crippen LogP contribution < -0.4 is 33.8 Å². The van der Waals surface area contributed by atoms with Gasteiger partial charge in [0.1, 0.15) is 6.61 Å². The van der Waals surface area contributed by atoms with Crippen LogP contribution in [0.5, 0.6) is 23.0 Å². The third-order valence-corrected chi connectivity index (χ3v) is 8.67. The lowest BCUT2D eigenvalue weighted by atomic mass is 9.94. The number of esters is 1. The average molecular weight is 652 g/mol. The van der Waals surface area contributed by atoms with Gasteiger partial charge in [-0.05, 0) is 67.8 Å². The van der Waals surface area contributed by atoms with Gasteiger partial charge in [0.25, 0.3) is 5.56 Å². The molecule has 11 heteroatoms. The minimum absolute atomic E-state index is 0.101. The zero-order valence-corrected chi connectivity index (χ0v) is 27.1. The fourth-order valence-electron chi connectivity index (χ4n) is 5.58. The maximum atomic E-state index is 14.2. The van der Waals surface area contributed by atoms with E-state index in [2.05, 4.69) is 6.07 Å². The van der Waals surface area contributed by atoms with Crippen molar-refractivity contribution in [3.8, 4) is 29.1 Å². The van der Waals surface area contributed by atoms with Gasteiger partial charge in [0.2, 0.25) is 6.79 Å². The summed E-state index contributed by atoms with van der Waals surface area (Å²) in [6.07, 6.45) is 3.07. The molecule has 1 aromatic heterocycles. The van der Waals surface area contributed by atoms with E-state index in [1.165, 1.54) is 11.3 Å². The average Bonchev–Trinajstić information content (AvgIpc) is 3.67. The molecular weight excluding hydrogens is 618 g/mol. The highest BCUT2D eigenvalue weighted by Gasteiger charge is 2.35. The SMILES string of the molecule is CCCC1=C(C(=O)OCC)[C@@H](c2ccc3c(c2)OCO3)n2c(s/c(=C/c3ccc(OCc4ccccc4C#N)c(OCC)c3)c2=O)=N1. The van der Waals surface area contributed by atoms with Crippen LogP contribution in [0.3, 0.4) is 0 Å². The Bertz CT molecular complexity index is 2090. The van der Waals surface area contributed by atoms with Crippen molar-refractivity contribution < 1.29 is 28.5 Å². The first-order valence-corrected chi connectivity index (χ1v) is 16.3. The molecule has 4 aromatic rings. The summed E-state index contributed by atoms with van der Waals surface area (Å²) >= 11 is 1.26. The van der Waals surface area contributed by atoms with Crippen molar-refractivity contribution in [3.63, 3.8) is 0 Å². The minimum atomic E-state index is -0.769. The van der Waals surface area contributed by atoms with Gasteiger partial charge < -0.3 is 23.7 Å². The molecule has 2 aliphatic rings. The lowest BCUT2D eigenvalue weighted by molar-refractivity contribution is -0.139. The molecule has 0 N–H and O–H groups in total. The third-order valence-electron chi connectivity index (χ3n) is 7.69. The van der Waals surface area contributed by atoms with Gasteiger partial charge in [-0.2, -0.15) is 5.26 Å². The number of hydrogen-bond acceptors (Lipinski definition) is 10. The topological polar surface area (TPSA) is 121 Å². The summed E-state index contributed by atoms with van der Waals surface area (Å²) in [5.74, 6) is 1.67. The van der Waals surface area contributed by atoms with E-state index in [0.717, 1.165) is 17.5 Å². The number of allylic oxidation sites excluding steroid dienone is 1. The van der Waals surface area contributed by atoms with Crippen molar-refractivity contribution in [1.82, 2.24) is 4.57 Å². The maximum Gasteiger partial charge on any atom is 0.338 e. The Hall–Kier alpha value is -5.34. The molecule has 240 valence electrons. The number of hydrogen-bond donors (Lipinski definition) is 0. The lowest BCUT2D eigenvalue weighted by Crippen LogP contribution is -2.40. The first-order valence-electron chi connectivity index (χ1n) is 15.4. The highest BCUT2D eigenvalue weighted by atomic mass is 32.1. The van der Waals surface area contributed by atoms with Crippen molar-refractivity contribution in [2.24, 2.45) is 4.99 Å². The van der Waals surface area contributed by atoms with E-state index in [-0.39, 0.29) is 25.6 Å². The molecule has 3 aromatic carbocycles. The lowest BCUT2D eigenvalue weighted by Gasteiger charge is -2.25. The second-order valence-electron chi connectivity index (χ2n) is 10.7. The highest BCUT2D eigenvalue weighted by Crippen LogP contribution is 2.39. The van der Waals surface area contributed by atoms with Crippen LogP contribution in [0.15, 0.2) is 81.7 Å². The molecule has 0 saturated carbocycles. The summed E-state index contributed by atoms with van der Waals surface area (Å²) in [5, 5.41) is 9.44. The van der Waals surface area contributed by atoms with Gasteiger partial charge in [0.05, 0.1) is 46.7 Å². The Labute approximate surface area is 275 Å².